The Morgan fingerprint density at radius 2 is 2.00 bits per heavy atom. The van der Waals surface area contributed by atoms with Crippen LogP contribution < -0.4 is 0 Å². The third kappa shape index (κ3) is 4.05. The van der Waals surface area contributed by atoms with Gasteiger partial charge in [0.1, 0.15) is 0 Å². The van der Waals surface area contributed by atoms with Crippen molar-refractivity contribution in [2.45, 2.75) is 32.1 Å². The van der Waals surface area contributed by atoms with Crippen LogP contribution in [0.3, 0.4) is 0 Å². The summed E-state index contributed by atoms with van der Waals surface area (Å²) in [7, 11) is -2.22. The lowest BCUT2D eigenvalue weighted by Crippen LogP contribution is -2.31. The van der Waals surface area contributed by atoms with Crippen molar-refractivity contribution in [3.05, 3.63) is 27.7 Å². The molecule has 1 aromatic rings. The van der Waals surface area contributed by atoms with Crippen molar-refractivity contribution in [1.29, 1.82) is 0 Å². The van der Waals surface area contributed by atoms with E-state index in [-0.39, 0.29) is 16.4 Å². The highest BCUT2D eigenvalue weighted by Gasteiger charge is 2.26. The molecule has 0 saturated heterocycles. The predicted molar refractivity (Wildman–Crippen MR) is 85.1 cm³/mol. The van der Waals surface area contributed by atoms with Crippen molar-refractivity contribution in [3.8, 4) is 0 Å². The first-order chi connectivity index (χ1) is 9.61. The Kier molecular flexibility index (Phi) is 5.95. The number of carboxylic acid groups (broad SMARTS) is 1. The first-order valence-electron chi connectivity index (χ1n) is 6.61. The lowest BCUT2D eigenvalue weighted by atomic mass is 10.1. The number of aromatic carboxylic acids is 1. The van der Waals surface area contributed by atoms with Crippen LogP contribution in [0, 0.1) is 12.8 Å². The summed E-state index contributed by atoms with van der Waals surface area (Å²) in [5, 5.41) is 9.09. The van der Waals surface area contributed by atoms with Crippen molar-refractivity contribution in [1.82, 2.24) is 4.31 Å². The van der Waals surface area contributed by atoms with Crippen LogP contribution in [0.1, 0.15) is 36.2 Å². The standard InChI is InChI=1S/C14H20BrNO4S/c1-5-9(2)8-16(4)21(19,20)12-7-11(14(17)18)6-10(3)13(12)15/h6-7,9H,5,8H2,1-4H3,(H,17,18). The highest BCUT2D eigenvalue weighted by molar-refractivity contribution is 9.10. The molecule has 1 atom stereocenters. The number of aryl methyl sites for hydroxylation is 1. The summed E-state index contributed by atoms with van der Waals surface area (Å²) in [6.45, 7) is 6.03. The second kappa shape index (κ2) is 6.89. The molecule has 1 aromatic carbocycles. The van der Waals surface area contributed by atoms with E-state index in [1.165, 1.54) is 23.5 Å². The minimum atomic E-state index is -3.73. The number of benzene rings is 1. The van der Waals surface area contributed by atoms with Crippen molar-refractivity contribution < 1.29 is 18.3 Å². The molecule has 0 aliphatic heterocycles. The van der Waals surface area contributed by atoms with Crippen molar-refractivity contribution in [3.63, 3.8) is 0 Å². The molecule has 0 fully saturated rings. The van der Waals surface area contributed by atoms with E-state index >= 15 is 0 Å². The monoisotopic (exact) mass is 377 g/mol. The summed E-state index contributed by atoms with van der Waals surface area (Å²) in [4.78, 5) is 11.1. The summed E-state index contributed by atoms with van der Waals surface area (Å²) in [6.07, 6.45) is 0.870. The highest BCUT2D eigenvalue weighted by Crippen LogP contribution is 2.29. The topological polar surface area (TPSA) is 74.7 Å². The normalized spacial score (nSPS) is 13.4. The van der Waals surface area contributed by atoms with E-state index in [0.29, 0.717) is 16.6 Å². The van der Waals surface area contributed by atoms with Crippen molar-refractivity contribution in [2.75, 3.05) is 13.6 Å². The lowest BCUT2D eigenvalue weighted by Gasteiger charge is -2.22. The predicted octanol–water partition coefficient (Wildman–Crippen LogP) is 3.12. The van der Waals surface area contributed by atoms with Crippen LogP contribution in [0.5, 0.6) is 0 Å². The van der Waals surface area contributed by atoms with Crippen LogP contribution in [-0.2, 0) is 10.0 Å². The molecule has 0 spiro atoms. The van der Waals surface area contributed by atoms with Gasteiger partial charge in [-0.3, -0.25) is 0 Å². The van der Waals surface area contributed by atoms with E-state index in [9.17, 15) is 13.2 Å². The maximum absolute atomic E-state index is 12.6. The second-order valence-corrected chi connectivity index (χ2v) is 8.02. The lowest BCUT2D eigenvalue weighted by molar-refractivity contribution is 0.0696. The molecule has 0 bridgehead atoms. The molecule has 5 nitrogen and oxygen atoms in total. The molecule has 118 valence electrons. The minimum absolute atomic E-state index is 0.00861. The van der Waals surface area contributed by atoms with E-state index in [1.807, 2.05) is 13.8 Å². The van der Waals surface area contributed by atoms with Crippen molar-refractivity contribution in [2.24, 2.45) is 5.92 Å². The quantitative estimate of drug-likeness (QED) is 0.826. The van der Waals surface area contributed by atoms with Crippen LogP contribution >= 0.6 is 15.9 Å². The maximum Gasteiger partial charge on any atom is 0.335 e. The van der Waals surface area contributed by atoms with Gasteiger partial charge in [-0.25, -0.2) is 17.5 Å². The number of carboxylic acids is 1. The molecule has 1 unspecified atom stereocenters. The largest absolute Gasteiger partial charge is 0.478 e. The van der Waals surface area contributed by atoms with Crippen molar-refractivity contribution >= 4 is 31.9 Å². The van der Waals surface area contributed by atoms with Gasteiger partial charge in [0.15, 0.2) is 0 Å². The number of hydrogen-bond acceptors (Lipinski definition) is 3. The SMILES string of the molecule is CCC(C)CN(C)S(=O)(=O)c1cc(C(=O)O)cc(C)c1Br. The van der Waals surface area contributed by atoms with Gasteiger partial charge in [-0.1, -0.05) is 20.3 Å². The van der Waals surface area contributed by atoms with Gasteiger partial charge in [0.2, 0.25) is 10.0 Å². The highest BCUT2D eigenvalue weighted by atomic mass is 79.9. The third-order valence-corrected chi connectivity index (χ3v) is 6.58. The average Bonchev–Trinajstić information content (AvgIpc) is 2.40. The molecule has 0 aliphatic carbocycles. The van der Waals surface area contributed by atoms with E-state index in [1.54, 1.807) is 6.92 Å². The molecule has 0 aliphatic rings. The van der Waals surface area contributed by atoms with Gasteiger partial charge in [0.05, 0.1) is 10.5 Å². The third-order valence-electron chi connectivity index (χ3n) is 3.42. The molecular weight excluding hydrogens is 358 g/mol. The molecule has 0 aromatic heterocycles. The molecule has 7 heteroatoms. The van der Waals surface area contributed by atoms with Gasteiger partial charge in [-0.05, 0) is 46.5 Å². The number of rotatable bonds is 6. The Morgan fingerprint density at radius 3 is 2.48 bits per heavy atom. The summed E-state index contributed by atoms with van der Waals surface area (Å²) in [5.74, 6) is -0.918. The number of hydrogen-bond donors (Lipinski definition) is 1. The van der Waals surface area contributed by atoms with Crippen LogP contribution in [0.25, 0.3) is 0 Å². The Bertz CT molecular complexity index is 643. The Hall–Kier alpha value is -0.920. The fourth-order valence-corrected chi connectivity index (χ4v) is 4.17. The number of halogens is 1. The van der Waals surface area contributed by atoms with Gasteiger partial charge >= 0.3 is 5.97 Å². The number of carbonyl (C=O) groups is 1. The van der Waals surface area contributed by atoms with E-state index in [4.69, 9.17) is 5.11 Å². The molecular formula is C14H20BrNO4S. The van der Waals surface area contributed by atoms with Gasteiger partial charge < -0.3 is 5.11 Å². The molecule has 0 radical (unpaired) electrons. The summed E-state index contributed by atoms with van der Waals surface area (Å²) < 4.78 is 26.9. The summed E-state index contributed by atoms with van der Waals surface area (Å²) in [6, 6.07) is 2.64. The Labute approximate surface area is 134 Å². The van der Waals surface area contributed by atoms with Crippen LogP contribution in [0.2, 0.25) is 0 Å². The van der Waals surface area contributed by atoms with Gasteiger partial charge in [0.25, 0.3) is 0 Å². The molecule has 0 heterocycles. The van der Waals surface area contributed by atoms with Gasteiger partial charge in [0, 0.05) is 18.1 Å². The van der Waals surface area contributed by atoms with E-state index in [0.717, 1.165) is 6.42 Å². The smallest absolute Gasteiger partial charge is 0.335 e. The first kappa shape index (κ1) is 18.1. The molecule has 0 amide bonds. The minimum Gasteiger partial charge on any atom is -0.478 e. The Balaban J connectivity index is 3.34. The zero-order valence-electron chi connectivity index (χ0n) is 12.6. The first-order valence-corrected chi connectivity index (χ1v) is 8.84. The van der Waals surface area contributed by atoms with Crippen LogP contribution in [-0.4, -0.2) is 37.4 Å². The zero-order chi connectivity index (χ0) is 16.4. The van der Waals surface area contributed by atoms with Crippen LogP contribution in [0.4, 0.5) is 0 Å². The summed E-state index contributed by atoms with van der Waals surface area (Å²) in [5.41, 5.74) is 0.539. The average molecular weight is 378 g/mol. The fraction of sp³-hybridized carbons (Fsp3) is 0.500. The molecule has 1 rings (SSSR count). The van der Waals surface area contributed by atoms with E-state index in [2.05, 4.69) is 15.9 Å². The molecule has 1 N–H and O–H groups in total. The number of nitrogens with zero attached hydrogens (tertiary/aromatic N) is 1. The second-order valence-electron chi connectivity index (χ2n) is 5.21. The van der Waals surface area contributed by atoms with Gasteiger partial charge in [-0.2, -0.15) is 0 Å². The zero-order valence-corrected chi connectivity index (χ0v) is 15.0. The molecule has 0 saturated carbocycles. The van der Waals surface area contributed by atoms with Crippen LogP contribution in [0.15, 0.2) is 21.5 Å². The number of sulfonamides is 1. The molecule has 21 heavy (non-hydrogen) atoms. The summed E-state index contributed by atoms with van der Waals surface area (Å²) >= 11 is 3.25. The maximum atomic E-state index is 12.6. The Morgan fingerprint density at radius 1 is 1.43 bits per heavy atom. The van der Waals surface area contributed by atoms with E-state index < -0.39 is 16.0 Å². The fourth-order valence-electron chi connectivity index (χ4n) is 1.88. The van der Waals surface area contributed by atoms with Gasteiger partial charge in [-0.15, -0.1) is 0 Å².